The summed E-state index contributed by atoms with van der Waals surface area (Å²) in [5, 5.41) is 8.10. The highest BCUT2D eigenvalue weighted by atomic mass is 17.7. The highest BCUT2D eigenvalue weighted by molar-refractivity contribution is 5.59. The predicted octanol–water partition coefficient (Wildman–Crippen LogP) is 2.14. The Morgan fingerprint density at radius 2 is 1.71 bits per heavy atom. The van der Waals surface area contributed by atoms with Gasteiger partial charge in [0.2, 0.25) is 0 Å². The molecule has 0 aromatic carbocycles. The van der Waals surface area contributed by atoms with Crippen LogP contribution in [0.1, 0.15) is 34.6 Å². The largest absolute Gasteiger partial charge is 0.542 e. The Bertz CT molecular complexity index is 171. The molecule has 0 amide bonds. The second-order valence-electron chi connectivity index (χ2n) is 3.83. The van der Waals surface area contributed by atoms with Gasteiger partial charge in [-0.25, -0.2) is 9.68 Å². The van der Waals surface area contributed by atoms with Crippen molar-refractivity contribution in [1.82, 2.24) is 0 Å². The van der Waals surface area contributed by atoms with E-state index in [4.69, 9.17) is 0 Å². The predicted molar refractivity (Wildman–Crippen MR) is 45.7 cm³/mol. The van der Waals surface area contributed by atoms with E-state index >= 15 is 0 Å². The first-order valence-electron chi connectivity index (χ1n) is 4.21. The van der Waals surface area contributed by atoms with Gasteiger partial charge in [-0.1, -0.05) is 0 Å². The SMILES string of the molecule is CC(C)OC(=O)OOOOC(C)(C)C. The zero-order chi connectivity index (χ0) is 11.2. The van der Waals surface area contributed by atoms with Crippen LogP contribution in [0.3, 0.4) is 0 Å². The molecule has 0 radical (unpaired) electrons. The maximum Gasteiger partial charge on any atom is 0.542 e. The summed E-state index contributed by atoms with van der Waals surface area (Å²) in [5.41, 5.74) is -0.550. The molecule has 0 aliphatic carbocycles. The van der Waals surface area contributed by atoms with Crippen molar-refractivity contribution in [2.45, 2.75) is 46.3 Å². The van der Waals surface area contributed by atoms with E-state index in [9.17, 15) is 4.79 Å². The van der Waals surface area contributed by atoms with Crippen LogP contribution in [-0.4, -0.2) is 17.9 Å². The lowest BCUT2D eigenvalue weighted by atomic mass is 10.2. The minimum absolute atomic E-state index is 0.283. The summed E-state index contributed by atoms with van der Waals surface area (Å²) >= 11 is 0. The molecule has 0 aromatic rings. The van der Waals surface area contributed by atoms with Crippen LogP contribution in [-0.2, 0) is 24.6 Å². The van der Waals surface area contributed by atoms with E-state index in [0.717, 1.165) is 0 Å². The van der Waals surface area contributed by atoms with Gasteiger partial charge in [0, 0.05) is 5.04 Å². The molecule has 0 rings (SSSR count). The third-order valence-electron chi connectivity index (χ3n) is 0.746. The number of ether oxygens (including phenoxy) is 1. The first-order valence-corrected chi connectivity index (χ1v) is 4.21. The lowest BCUT2D eigenvalue weighted by Crippen LogP contribution is -2.21. The van der Waals surface area contributed by atoms with Crippen LogP contribution in [0, 0.1) is 0 Å². The molecular weight excluding hydrogens is 192 g/mol. The third kappa shape index (κ3) is 9.24. The van der Waals surface area contributed by atoms with Gasteiger partial charge in [-0.3, -0.25) is 0 Å². The Hall–Kier alpha value is -0.850. The van der Waals surface area contributed by atoms with Crippen molar-refractivity contribution in [2.75, 3.05) is 0 Å². The average molecular weight is 208 g/mol. The summed E-state index contributed by atoms with van der Waals surface area (Å²) in [6.45, 7) is 8.57. The zero-order valence-electron chi connectivity index (χ0n) is 9.03. The van der Waals surface area contributed by atoms with Crippen LogP contribution in [0.4, 0.5) is 4.79 Å². The van der Waals surface area contributed by atoms with E-state index in [0.29, 0.717) is 0 Å². The molecule has 6 heteroatoms. The molecule has 84 valence electrons. The Kier molecular flexibility index (Phi) is 5.44. The van der Waals surface area contributed by atoms with Crippen LogP contribution >= 0.6 is 0 Å². The molecule has 0 bridgehead atoms. The summed E-state index contributed by atoms with van der Waals surface area (Å²) in [5.74, 6) is 0. The summed E-state index contributed by atoms with van der Waals surface area (Å²) in [7, 11) is 0. The summed E-state index contributed by atoms with van der Waals surface area (Å²) in [6.07, 6.45) is -1.27. The maximum atomic E-state index is 10.7. The van der Waals surface area contributed by atoms with Gasteiger partial charge in [-0.15, -0.1) is 0 Å². The van der Waals surface area contributed by atoms with E-state index in [1.54, 1.807) is 34.6 Å². The Morgan fingerprint density at radius 3 is 2.14 bits per heavy atom. The summed E-state index contributed by atoms with van der Waals surface area (Å²) in [4.78, 5) is 19.3. The average Bonchev–Trinajstić information content (AvgIpc) is 1.95. The van der Waals surface area contributed by atoms with Gasteiger partial charge in [-0.2, -0.15) is 4.89 Å². The van der Waals surface area contributed by atoms with E-state index in [2.05, 4.69) is 24.6 Å². The molecule has 0 saturated carbocycles. The fourth-order valence-electron chi connectivity index (χ4n) is 0.370. The van der Waals surface area contributed by atoms with Gasteiger partial charge in [0.15, 0.2) is 0 Å². The quantitative estimate of drug-likeness (QED) is 0.305. The normalized spacial score (nSPS) is 11.6. The molecule has 0 aliphatic rings. The zero-order valence-corrected chi connectivity index (χ0v) is 9.03. The summed E-state index contributed by atoms with van der Waals surface area (Å²) < 4.78 is 4.56. The molecule has 0 spiro atoms. The van der Waals surface area contributed by atoms with Gasteiger partial charge in [0.25, 0.3) is 0 Å². The van der Waals surface area contributed by atoms with E-state index in [1.165, 1.54) is 0 Å². The second-order valence-corrected chi connectivity index (χ2v) is 3.83. The maximum absolute atomic E-state index is 10.7. The van der Waals surface area contributed by atoms with Gasteiger partial charge < -0.3 is 4.74 Å². The molecular formula is C8H16O6. The minimum atomic E-state index is -0.988. The van der Waals surface area contributed by atoms with Crippen molar-refractivity contribution in [3.05, 3.63) is 0 Å². The molecule has 0 saturated heterocycles. The molecule has 0 aliphatic heterocycles. The molecule has 0 unspecified atom stereocenters. The lowest BCUT2D eigenvalue weighted by Gasteiger charge is -2.14. The molecule has 0 heterocycles. The van der Waals surface area contributed by atoms with Crippen LogP contribution in [0.25, 0.3) is 0 Å². The molecule has 14 heavy (non-hydrogen) atoms. The molecule has 0 aromatic heterocycles. The van der Waals surface area contributed by atoms with Crippen molar-refractivity contribution in [2.24, 2.45) is 0 Å². The lowest BCUT2D eigenvalue weighted by molar-refractivity contribution is -0.634. The standard InChI is InChI=1S/C8H16O6/c1-6(2)10-7(9)11-13-14-12-8(3,4)5/h6H,1-5H3. The number of hydrogen-bond acceptors (Lipinski definition) is 6. The Labute approximate surface area is 82.8 Å². The second kappa shape index (κ2) is 5.79. The first kappa shape index (κ1) is 13.2. The van der Waals surface area contributed by atoms with Crippen LogP contribution in [0.15, 0.2) is 0 Å². The minimum Gasteiger partial charge on any atom is -0.430 e. The van der Waals surface area contributed by atoms with Gasteiger partial charge in [-0.05, 0) is 39.7 Å². The molecule has 0 N–H and O–H groups in total. The number of hydrogen-bond donors (Lipinski definition) is 0. The van der Waals surface area contributed by atoms with Gasteiger partial charge in [0.1, 0.15) is 0 Å². The van der Waals surface area contributed by atoms with Crippen molar-refractivity contribution in [3.63, 3.8) is 0 Å². The van der Waals surface area contributed by atoms with Crippen molar-refractivity contribution < 1.29 is 29.4 Å². The van der Waals surface area contributed by atoms with Crippen LogP contribution in [0.2, 0.25) is 0 Å². The van der Waals surface area contributed by atoms with Crippen molar-refractivity contribution in [1.29, 1.82) is 0 Å². The molecule has 6 nitrogen and oxygen atoms in total. The van der Waals surface area contributed by atoms with Crippen molar-refractivity contribution in [3.8, 4) is 0 Å². The van der Waals surface area contributed by atoms with E-state index in [1.807, 2.05) is 0 Å². The monoisotopic (exact) mass is 208 g/mol. The Balaban J connectivity index is 3.41. The van der Waals surface area contributed by atoms with Gasteiger partial charge in [0.05, 0.1) is 11.7 Å². The van der Waals surface area contributed by atoms with Crippen LogP contribution in [0.5, 0.6) is 0 Å². The molecule has 0 fully saturated rings. The number of rotatable bonds is 4. The molecule has 0 atom stereocenters. The fourth-order valence-corrected chi connectivity index (χ4v) is 0.370. The van der Waals surface area contributed by atoms with Crippen molar-refractivity contribution >= 4 is 6.16 Å². The fraction of sp³-hybridized carbons (Fsp3) is 0.875. The topological polar surface area (TPSA) is 63.2 Å². The van der Waals surface area contributed by atoms with E-state index in [-0.39, 0.29) is 6.10 Å². The highest BCUT2D eigenvalue weighted by Gasteiger charge is 2.14. The van der Waals surface area contributed by atoms with Gasteiger partial charge >= 0.3 is 6.16 Å². The Morgan fingerprint density at radius 1 is 1.14 bits per heavy atom. The summed E-state index contributed by atoms with van der Waals surface area (Å²) in [6, 6.07) is 0. The first-order chi connectivity index (χ1) is 6.31. The smallest absolute Gasteiger partial charge is 0.430 e. The van der Waals surface area contributed by atoms with Crippen LogP contribution < -0.4 is 0 Å². The third-order valence-corrected chi connectivity index (χ3v) is 0.746. The van der Waals surface area contributed by atoms with E-state index < -0.39 is 11.8 Å². The highest BCUT2D eigenvalue weighted by Crippen LogP contribution is 2.07. The number of carbonyl (C=O) groups is 1. The number of carbonyl (C=O) groups excluding carboxylic acids is 1.